The Bertz CT molecular complexity index is 1390. The van der Waals surface area contributed by atoms with Crippen molar-refractivity contribution >= 4 is 17.5 Å². The maximum absolute atomic E-state index is 13.7. The number of anilines is 1. The standard InChI is InChI=1S/C29H25FN2O5/c1-35-23-12-9-22(10-13-23)31-27(33)18-37-24-11-6-19-14-15-32(29(34)26-3-2-16-36-26)28(25(19)17-24)20-4-7-21(30)8-5-20/h2-13,16-17,28H,14-15,18H2,1H3,(H,31,33)/t28-/m1/s1. The lowest BCUT2D eigenvalue weighted by atomic mass is 9.87. The minimum absolute atomic E-state index is 0.193. The van der Waals surface area contributed by atoms with Crippen LogP contribution in [0.5, 0.6) is 11.5 Å². The number of nitrogens with zero attached hydrogens (tertiary/aromatic N) is 1. The smallest absolute Gasteiger partial charge is 0.290 e. The molecule has 5 rings (SSSR count). The van der Waals surface area contributed by atoms with Gasteiger partial charge in [0, 0.05) is 12.2 Å². The highest BCUT2D eigenvalue weighted by Gasteiger charge is 2.34. The SMILES string of the molecule is COc1ccc(NC(=O)COc2ccc3c(c2)[C@@H](c2ccc(F)cc2)N(C(=O)c2ccco2)CC3)cc1. The highest BCUT2D eigenvalue weighted by molar-refractivity contribution is 5.92. The van der Waals surface area contributed by atoms with E-state index in [9.17, 15) is 14.0 Å². The zero-order chi connectivity index (χ0) is 25.8. The van der Waals surface area contributed by atoms with Gasteiger partial charge in [-0.15, -0.1) is 0 Å². The van der Waals surface area contributed by atoms with Crippen molar-refractivity contribution in [3.8, 4) is 11.5 Å². The van der Waals surface area contributed by atoms with E-state index in [-0.39, 0.29) is 30.0 Å². The quantitative estimate of drug-likeness (QED) is 0.376. The van der Waals surface area contributed by atoms with Crippen molar-refractivity contribution in [3.63, 3.8) is 0 Å². The number of carbonyl (C=O) groups excluding carboxylic acids is 2. The van der Waals surface area contributed by atoms with E-state index in [1.54, 1.807) is 60.5 Å². The van der Waals surface area contributed by atoms with Gasteiger partial charge in [0.1, 0.15) is 17.3 Å². The summed E-state index contributed by atoms with van der Waals surface area (Å²) in [7, 11) is 1.58. The molecule has 7 nitrogen and oxygen atoms in total. The van der Waals surface area contributed by atoms with Gasteiger partial charge in [-0.05, 0) is 83.8 Å². The van der Waals surface area contributed by atoms with Gasteiger partial charge in [-0.2, -0.15) is 0 Å². The van der Waals surface area contributed by atoms with Crippen molar-refractivity contribution in [2.45, 2.75) is 12.5 Å². The fourth-order valence-electron chi connectivity index (χ4n) is 4.47. The number of ether oxygens (including phenoxy) is 2. The van der Waals surface area contributed by atoms with Gasteiger partial charge >= 0.3 is 0 Å². The summed E-state index contributed by atoms with van der Waals surface area (Å²) in [6.45, 7) is 0.278. The number of nitrogens with one attached hydrogen (secondary N) is 1. The average Bonchev–Trinajstić information content (AvgIpc) is 3.47. The van der Waals surface area contributed by atoms with E-state index >= 15 is 0 Å². The van der Waals surface area contributed by atoms with Crippen molar-refractivity contribution < 1.29 is 27.9 Å². The molecular formula is C29H25FN2O5. The minimum atomic E-state index is -0.473. The van der Waals surface area contributed by atoms with Crippen LogP contribution in [-0.2, 0) is 11.2 Å². The summed E-state index contributed by atoms with van der Waals surface area (Å²) < 4.78 is 30.0. The van der Waals surface area contributed by atoms with Crippen molar-refractivity contribution in [2.75, 3.05) is 25.6 Å². The monoisotopic (exact) mass is 500 g/mol. The Hall–Kier alpha value is -4.59. The molecule has 1 atom stereocenters. The number of halogens is 1. The van der Waals surface area contributed by atoms with Crippen LogP contribution in [0.15, 0.2) is 89.5 Å². The molecule has 0 radical (unpaired) electrons. The number of methoxy groups -OCH3 is 1. The first kappa shape index (κ1) is 24.1. The number of carbonyl (C=O) groups is 2. The molecule has 0 bridgehead atoms. The van der Waals surface area contributed by atoms with Gasteiger partial charge in [0.05, 0.1) is 19.4 Å². The first-order valence-corrected chi connectivity index (χ1v) is 11.8. The molecule has 0 aliphatic carbocycles. The van der Waals surface area contributed by atoms with Crippen LogP contribution in [0.3, 0.4) is 0 Å². The van der Waals surface area contributed by atoms with Crippen LogP contribution in [0.2, 0.25) is 0 Å². The first-order valence-electron chi connectivity index (χ1n) is 11.8. The molecule has 4 aromatic rings. The Morgan fingerprint density at radius 3 is 2.49 bits per heavy atom. The topological polar surface area (TPSA) is 81.0 Å². The number of furan rings is 1. The van der Waals surface area contributed by atoms with E-state index in [0.717, 1.165) is 16.7 Å². The second-order valence-electron chi connectivity index (χ2n) is 8.61. The summed E-state index contributed by atoms with van der Waals surface area (Å²) >= 11 is 0. The van der Waals surface area contributed by atoms with Gasteiger partial charge in [-0.3, -0.25) is 9.59 Å². The van der Waals surface area contributed by atoms with Crippen LogP contribution in [-0.4, -0.2) is 37.0 Å². The molecule has 3 aromatic carbocycles. The third-order valence-electron chi connectivity index (χ3n) is 6.27. The summed E-state index contributed by atoms with van der Waals surface area (Å²) in [5, 5.41) is 2.79. The van der Waals surface area contributed by atoms with Crippen LogP contribution in [0.4, 0.5) is 10.1 Å². The minimum Gasteiger partial charge on any atom is -0.497 e. The molecule has 8 heteroatoms. The average molecular weight is 501 g/mol. The maximum Gasteiger partial charge on any atom is 0.290 e. The Labute approximate surface area is 213 Å². The molecule has 0 saturated carbocycles. The van der Waals surface area contributed by atoms with Gasteiger partial charge in [0.2, 0.25) is 0 Å². The van der Waals surface area contributed by atoms with Gasteiger partial charge in [0.25, 0.3) is 11.8 Å². The van der Waals surface area contributed by atoms with Crippen LogP contribution in [0, 0.1) is 5.82 Å². The molecule has 37 heavy (non-hydrogen) atoms. The normalized spacial score (nSPS) is 14.5. The summed E-state index contributed by atoms with van der Waals surface area (Å²) in [6, 6.07) is 21.5. The lowest BCUT2D eigenvalue weighted by Crippen LogP contribution is -2.40. The molecule has 0 unspecified atom stereocenters. The molecule has 2 heterocycles. The summed E-state index contributed by atoms with van der Waals surface area (Å²) in [6.07, 6.45) is 2.10. The van der Waals surface area contributed by atoms with Gasteiger partial charge in [-0.25, -0.2) is 4.39 Å². The third kappa shape index (κ3) is 5.33. The van der Waals surface area contributed by atoms with Crippen LogP contribution >= 0.6 is 0 Å². The van der Waals surface area contributed by atoms with Gasteiger partial charge in [0.15, 0.2) is 12.4 Å². The first-order chi connectivity index (χ1) is 18.0. The highest BCUT2D eigenvalue weighted by Crippen LogP contribution is 2.38. The fourth-order valence-corrected chi connectivity index (χ4v) is 4.47. The Kier molecular flexibility index (Phi) is 6.89. The summed E-state index contributed by atoms with van der Waals surface area (Å²) in [5.41, 5.74) is 3.29. The third-order valence-corrected chi connectivity index (χ3v) is 6.27. The molecular weight excluding hydrogens is 475 g/mol. The van der Waals surface area contributed by atoms with Gasteiger partial charge in [-0.1, -0.05) is 18.2 Å². The summed E-state index contributed by atoms with van der Waals surface area (Å²) in [4.78, 5) is 27.5. The molecule has 2 amide bonds. The zero-order valence-corrected chi connectivity index (χ0v) is 20.1. The zero-order valence-electron chi connectivity index (χ0n) is 20.1. The largest absolute Gasteiger partial charge is 0.497 e. The number of rotatable bonds is 7. The molecule has 1 N–H and O–H groups in total. The fraction of sp³-hybridized carbons (Fsp3) is 0.172. The van der Waals surface area contributed by atoms with Gasteiger partial charge < -0.3 is 24.1 Å². The van der Waals surface area contributed by atoms with Crippen LogP contribution in [0.25, 0.3) is 0 Å². The van der Waals surface area contributed by atoms with E-state index in [1.807, 2.05) is 18.2 Å². The van der Waals surface area contributed by atoms with Crippen molar-refractivity contribution in [2.24, 2.45) is 0 Å². The summed E-state index contributed by atoms with van der Waals surface area (Å²) in [5.74, 6) is 0.492. The van der Waals surface area contributed by atoms with Crippen molar-refractivity contribution in [1.82, 2.24) is 4.90 Å². The Balaban J connectivity index is 1.38. The second-order valence-corrected chi connectivity index (χ2v) is 8.61. The number of hydrogen-bond donors (Lipinski definition) is 1. The predicted octanol–water partition coefficient (Wildman–Crippen LogP) is 5.23. The van der Waals surface area contributed by atoms with E-state index < -0.39 is 6.04 Å². The number of hydrogen-bond acceptors (Lipinski definition) is 5. The lowest BCUT2D eigenvalue weighted by Gasteiger charge is -2.37. The van der Waals surface area contributed by atoms with E-state index in [1.165, 1.54) is 18.4 Å². The van der Waals surface area contributed by atoms with Crippen molar-refractivity contribution in [1.29, 1.82) is 0 Å². The molecule has 0 saturated heterocycles. The molecule has 1 aliphatic heterocycles. The van der Waals surface area contributed by atoms with Crippen molar-refractivity contribution in [3.05, 3.63) is 113 Å². The van der Waals surface area contributed by atoms with E-state index in [0.29, 0.717) is 30.2 Å². The predicted molar refractivity (Wildman–Crippen MR) is 135 cm³/mol. The Morgan fingerprint density at radius 1 is 1.03 bits per heavy atom. The molecule has 0 fully saturated rings. The highest BCUT2D eigenvalue weighted by atomic mass is 19.1. The molecule has 1 aromatic heterocycles. The van der Waals surface area contributed by atoms with E-state index in [4.69, 9.17) is 13.9 Å². The maximum atomic E-state index is 13.7. The molecule has 188 valence electrons. The van der Waals surface area contributed by atoms with Crippen LogP contribution in [0.1, 0.15) is 33.3 Å². The van der Waals surface area contributed by atoms with Crippen LogP contribution < -0.4 is 14.8 Å². The number of benzene rings is 3. The molecule has 0 spiro atoms. The lowest BCUT2D eigenvalue weighted by molar-refractivity contribution is -0.118. The second kappa shape index (κ2) is 10.6. The number of fused-ring (bicyclic) bond motifs is 1. The Morgan fingerprint density at radius 2 is 1.78 bits per heavy atom. The number of amides is 2. The molecule has 1 aliphatic rings. The van der Waals surface area contributed by atoms with E-state index in [2.05, 4.69) is 5.32 Å².